The van der Waals surface area contributed by atoms with Gasteiger partial charge in [0, 0.05) is 18.2 Å². The van der Waals surface area contributed by atoms with Gasteiger partial charge in [-0.25, -0.2) is 4.99 Å². The number of nitrogens with zero attached hydrogens (tertiary/aromatic N) is 2. The van der Waals surface area contributed by atoms with Crippen LogP contribution in [0.1, 0.15) is 44.0 Å². The molecule has 0 spiro atoms. The van der Waals surface area contributed by atoms with Crippen LogP contribution in [0.15, 0.2) is 40.0 Å². The van der Waals surface area contributed by atoms with Gasteiger partial charge in [0.2, 0.25) is 0 Å². The Morgan fingerprint density at radius 2 is 2.08 bits per heavy atom. The Bertz CT molecular complexity index is 674. The van der Waals surface area contributed by atoms with Crippen molar-refractivity contribution >= 4 is 29.9 Å². The molecule has 1 aromatic heterocycles. The van der Waals surface area contributed by atoms with E-state index in [1.165, 1.54) is 5.56 Å². The van der Waals surface area contributed by atoms with E-state index in [0.717, 1.165) is 35.9 Å². The zero-order chi connectivity index (χ0) is 18.1. The number of aliphatic imine (C=N–C) groups is 1. The van der Waals surface area contributed by atoms with E-state index in [9.17, 15) is 0 Å². The van der Waals surface area contributed by atoms with Crippen molar-refractivity contribution in [3.8, 4) is 5.75 Å². The first-order valence-electron chi connectivity index (χ1n) is 8.80. The van der Waals surface area contributed by atoms with Gasteiger partial charge in [0.05, 0.1) is 19.2 Å². The van der Waals surface area contributed by atoms with Gasteiger partial charge in [-0.1, -0.05) is 24.2 Å². The molecular formula is C19H29IN4O2. The number of rotatable bonds is 8. The summed E-state index contributed by atoms with van der Waals surface area (Å²) in [4.78, 5) is 4.66. The molecule has 2 N–H and O–H groups in total. The zero-order valence-corrected chi connectivity index (χ0v) is 18.2. The standard InChI is InChI=1S/C19H28N4O2.HI/c1-5-15(4)25-18-11-14(3)7-8-16(18)12-21-19(20-6-2)22-13-17-9-10-24-23-17;/h7-11,15H,5-6,12-13H2,1-4H3,(H2,20,21,22);1H. The fourth-order valence-electron chi connectivity index (χ4n) is 2.21. The quantitative estimate of drug-likeness (QED) is 0.345. The Kier molecular flexibility index (Phi) is 10.1. The molecule has 144 valence electrons. The molecule has 1 aromatic carbocycles. The molecule has 0 bridgehead atoms. The van der Waals surface area contributed by atoms with Crippen molar-refractivity contribution in [2.24, 2.45) is 4.99 Å². The second kappa shape index (κ2) is 11.8. The van der Waals surface area contributed by atoms with Crippen LogP contribution >= 0.6 is 24.0 Å². The molecule has 0 fully saturated rings. The number of aromatic nitrogens is 1. The number of benzene rings is 1. The van der Waals surface area contributed by atoms with Gasteiger partial charge in [0.1, 0.15) is 17.7 Å². The van der Waals surface area contributed by atoms with Crippen LogP contribution in [-0.4, -0.2) is 23.8 Å². The fraction of sp³-hybridized carbons (Fsp3) is 0.474. The molecule has 6 nitrogen and oxygen atoms in total. The van der Waals surface area contributed by atoms with E-state index in [4.69, 9.17) is 9.26 Å². The third kappa shape index (κ3) is 7.23. The largest absolute Gasteiger partial charge is 0.490 e. The smallest absolute Gasteiger partial charge is 0.191 e. The van der Waals surface area contributed by atoms with Crippen molar-refractivity contribution in [1.29, 1.82) is 0 Å². The fourth-order valence-corrected chi connectivity index (χ4v) is 2.21. The van der Waals surface area contributed by atoms with E-state index in [2.05, 4.69) is 59.8 Å². The maximum atomic E-state index is 6.05. The molecule has 2 rings (SSSR count). The molecule has 0 saturated carbocycles. The summed E-state index contributed by atoms with van der Waals surface area (Å²) in [5.41, 5.74) is 3.09. The summed E-state index contributed by atoms with van der Waals surface area (Å²) < 4.78 is 10.9. The monoisotopic (exact) mass is 472 g/mol. The average Bonchev–Trinajstić information content (AvgIpc) is 3.12. The molecule has 0 aliphatic carbocycles. The number of hydrogen-bond acceptors (Lipinski definition) is 4. The van der Waals surface area contributed by atoms with Gasteiger partial charge in [-0.05, 0) is 38.8 Å². The highest BCUT2D eigenvalue weighted by atomic mass is 127. The summed E-state index contributed by atoms with van der Waals surface area (Å²) in [7, 11) is 0. The lowest BCUT2D eigenvalue weighted by Gasteiger charge is -2.16. The van der Waals surface area contributed by atoms with Crippen molar-refractivity contribution < 1.29 is 9.26 Å². The third-order valence-corrected chi connectivity index (χ3v) is 3.81. The molecular weight excluding hydrogens is 443 g/mol. The number of nitrogens with one attached hydrogen (secondary N) is 2. The minimum atomic E-state index is 0. The summed E-state index contributed by atoms with van der Waals surface area (Å²) in [6.07, 6.45) is 2.72. The molecule has 0 radical (unpaired) electrons. The lowest BCUT2D eigenvalue weighted by molar-refractivity contribution is 0.215. The third-order valence-electron chi connectivity index (χ3n) is 3.81. The first kappa shape index (κ1) is 22.3. The molecule has 0 aliphatic heterocycles. The van der Waals surface area contributed by atoms with Crippen molar-refractivity contribution in [1.82, 2.24) is 15.8 Å². The summed E-state index contributed by atoms with van der Waals surface area (Å²) in [6.45, 7) is 10.2. The van der Waals surface area contributed by atoms with Crippen LogP contribution in [0.25, 0.3) is 0 Å². The van der Waals surface area contributed by atoms with Gasteiger partial charge in [-0.2, -0.15) is 0 Å². The molecule has 1 atom stereocenters. The number of ether oxygens (including phenoxy) is 1. The van der Waals surface area contributed by atoms with E-state index in [0.29, 0.717) is 13.1 Å². The Hall–Kier alpha value is -1.77. The minimum absolute atomic E-state index is 0. The van der Waals surface area contributed by atoms with Crippen LogP contribution in [0.5, 0.6) is 5.75 Å². The first-order chi connectivity index (χ1) is 12.1. The number of halogens is 1. The maximum absolute atomic E-state index is 6.05. The van der Waals surface area contributed by atoms with Crippen LogP contribution < -0.4 is 15.4 Å². The van der Waals surface area contributed by atoms with Gasteiger partial charge < -0.3 is 19.9 Å². The zero-order valence-electron chi connectivity index (χ0n) is 15.9. The van der Waals surface area contributed by atoms with E-state index in [-0.39, 0.29) is 30.1 Å². The average molecular weight is 472 g/mol. The van der Waals surface area contributed by atoms with E-state index in [1.807, 2.05) is 13.0 Å². The van der Waals surface area contributed by atoms with Crippen molar-refractivity contribution in [3.63, 3.8) is 0 Å². The van der Waals surface area contributed by atoms with Gasteiger partial charge >= 0.3 is 0 Å². The van der Waals surface area contributed by atoms with Crippen LogP contribution in [-0.2, 0) is 13.1 Å². The molecule has 7 heteroatoms. The van der Waals surface area contributed by atoms with Gasteiger partial charge in [0.25, 0.3) is 0 Å². The van der Waals surface area contributed by atoms with Crippen LogP contribution in [0.2, 0.25) is 0 Å². The summed E-state index contributed by atoms with van der Waals surface area (Å²) in [5.74, 6) is 1.64. The van der Waals surface area contributed by atoms with Gasteiger partial charge in [0.15, 0.2) is 5.96 Å². The second-order valence-corrected chi connectivity index (χ2v) is 5.99. The summed E-state index contributed by atoms with van der Waals surface area (Å²) >= 11 is 0. The molecule has 2 aromatic rings. The van der Waals surface area contributed by atoms with Gasteiger partial charge in [-0.15, -0.1) is 24.0 Å². The maximum Gasteiger partial charge on any atom is 0.191 e. The van der Waals surface area contributed by atoms with E-state index in [1.54, 1.807) is 6.26 Å². The summed E-state index contributed by atoms with van der Waals surface area (Å²) in [5, 5.41) is 10.4. The van der Waals surface area contributed by atoms with E-state index >= 15 is 0 Å². The Morgan fingerprint density at radius 3 is 2.73 bits per heavy atom. The normalized spacial score (nSPS) is 12.2. The second-order valence-electron chi connectivity index (χ2n) is 5.99. The van der Waals surface area contributed by atoms with Crippen molar-refractivity contribution in [2.45, 2.75) is 53.3 Å². The van der Waals surface area contributed by atoms with Gasteiger partial charge in [-0.3, -0.25) is 0 Å². The number of guanidine groups is 1. The van der Waals surface area contributed by atoms with Crippen molar-refractivity contribution in [3.05, 3.63) is 47.3 Å². The lowest BCUT2D eigenvalue weighted by atomic mass is 10.1. The summed E-state index contributed by atoms with van der Waals surface area (Å²) in [6, 6.07) is 8.07. The Morgan fingerprint density at radius 1 is 1.27 bits per heavy atom. The Balaban J connectivity index is 0.00000338. The number of aryl methyl sites for hydroxylation is 1. The van der Waals surface area contributed by atoms with E-state index < -0.39 is 0 Å². The molecule has 26 heavy (non-hydrogen) atoms. The predicted octanol–water partition coefficient (Wildman–Crippen LogP) is 4.03. The van der Waals surface area contributed by atoms with Crippen molar-refractivity contribution in [2.75, 3.05) is 6.54 Å². The highest BCUT2D eigenvalue weighted by Gasteiger charge is 2.08. The molecule has 0 aliphatic rings. The number of hydrogen-bond donors (Lipinski definition) is 2. The lowest BCUT2D eigenvalue weighted by Crippen LogP contribution is -2.36. The Labute approximate surface area is 172 Å². The molecule has 1 heterocycles. The highest BCUT2D eigenvalue weighted by molar-refractivity contribution is 14.0. The first-order valence-corrected chi connectivity index (χ1v) is 8.80. The topological polar surface area (TPSA) is 71.7 Å². The minimum Gasteiger partial charge on any atom is -0.490 e. The predicted molar refractivity (Wildman–Crippen MR) is 115 cm³/mol. The van der Waals surface area contributed by atoms with Crippen LogP contribution in [0, 0.1) is 6.92 Å². The molecule has 0 saturated heterocycles. The highest BCUT2D eigenvalue weighted by Crippen LogP contribution is 2.23. The molecule has 0 amide bonds. The molecule has 1 unspecified atom stereocenters. The SMILES string of the molecule is CCNC(=NCc1ccc(C)cc1OC(C)CC)NCc1ccon1.I. The van der Waals surface area contributed by atoms with Crippen LogP contribution in [0.3, 0.4) is 0 Å². The van der Waals surface area contributed by atoms with Crippen LogP contribution in [0.4, 0.5) is 0 Å².